The second kappa shape index (κ2) is 17.2. The molecule has 0 spiro atoms. The third kappa shape index (κ3) is 7.81. The van der Waals surface area contributed by atoms with Crippen LogP contribution >= 0.6 is 0 Å². The van der Waals surface area contributed by atoms with Gasteiger partial charge in [-0.1, -0.05) is 135 Å². The van der Waals surface area contributed by atoms with Crippen molar-refractivity contribution in [3.05, 3.63) is 134 Å². The Labute approximate surface area is 312 Å². The van der Waals surface area contributed by atoms with Crippen LogP contribution in [0, 0.1) is 42.5 Å². The fourth-order valence-corrected chi connectivity index (χ4v) is 12.9. The molecule has 0 saturated heterocycles. The summed E-state index contributed by atoms with van der Waals surface area (Å²) >= 11 is 0. The summed E-state index contributed by atoms with van der Waals surface area (Å²) in [6, 6.07) is 40.9. The summed E-state index contributed by atoms with van der Waals surface area (Å²) < 4.78 is 0. The van der Waals surface area contributed by atoms with Gasteiger partial charge in [0.1, 0.15) is 0 Å². The Morgan fingerprint density at radius 2 is 0.917 bits per heavy atom. The Bertz CT molecular complexity index is 1790. The van der Waals surface area contributed by atoms with Crippen LogP contribution in [0.5, 0.6) is 0 Å². The van der Waals surface area contributed by atoms with E-state index in [-0.39, 0.29) is 40.7 Å². The SMILES string of the molecule is CCCCC[Si](CCCCC)(c1cc2c(-c3cc(C)ccc3C)cccc2[cH-]1)c1cc2c(-c3cc(C)ccc3C)cccc2[cH-]1.[CH3-].[CH3-].[Hf+4]. The van der Waals surface area contributed by atoms with Crippen molar-refractivity contribution >= 4 is 40.0 Å². The molecule has 0 aliphatic carbocycles. The molecule has 0 radical (unpaired) electrons. The van der Waals surface area contributed by atoms with E-state index in [0.717, 1.165) is 0 Å². The van der Waals surface area contributed by atoms with Gasteiger partial charge in [-0.3, -0.25) is 0 Å². The predicted molar refractivity (Wildman–Crippen MR) is 215 cm³/mol. The van der Waals surface area contributed by atoms with Gasteiger partial charge in [0.05, 0.1) is 8.07 Å². The van der Waals surface area contributed by atoms with Crippen LogP contribution in [0.2, 0.25) is 12.1 Å². The quantitative estimate of drug-likeness (QED) is 0.0656. The van der Waals surface area contributed by atoms with Crippen molar-refractivity contribution in [1.82, 2.24) is 0 Å². The smallest absolute Gasteiger partial charge is 0.358 e. The summed E-state index contributed by atoms with van der Waals surface area (Å²) in [4.78, 5) is 0. The van der Waals surface area contributed by atoms with Crippen LogP contribution in [0.15, 0.2) is 97.1 Å². The van der Waals surface area contributed by atoms with Gasteiger partial charge in [0.25, 0.3) is 0 Å². The molecule has 6 aromatic rings. The Morgan fingerprint density at radius 3 is 1.31 bits per heavy atom. The van der Waals surface area contributed by atoms with E-state index in [1.807, 2.05) is 0 Å². The average Bonchev–Trinajstić information content (AvgIpc) is 3.68. The zero-order chi connectivity index (χ0) is 31.6. The van der Waals surface area contributed by atoms with Gasteiger partial charge in [-0.05, 0) is 49.9 Å². The van der Waals surface area contributed by atoms with Crippen LogP contribution in [-0.2, 0) is 25.8 Å². The molecule has 0 aliphatic heterocycles. The largest absolute Gasteiger partial charge is 4.00 e. The maximum absolute atomic E-state index is 2.64. The van der Waals surface area contributed by atoms with Crippen molar-refractivity contribution in [2.45, 2.75) is 92.2 Å². The minimum Gasteiger partial charge on any atom is -0.358 e. The summed E-state index contributed by atoms with van der Waals surface area (Å²) in [6.07, 6.45) is 7.77. The molecule has 0 amide bonds. The van der Waals surface area contributed by atoms with Crippen molar-refractivity contribution in [3.63, 3.8) is 0 Å². The van der Waals surface area contributed by atoms with Crippen molar-refractivity contribution < 1.29 is 25.8 Å². The van der Waals surface area contributed by atoms with Gasteiger partial charge in [0.15, 0.2) is 0 Å². The zero-order valence-corrected chi connectivity index (χ0v) is 35.5. The van der Waals surface area contributed by atoms with Gasteiger partial charge in [-0.25, -0.2) is 0 Å². The molecule has 0 atom stereocenters. The molecule has 248 valence electrons. The molecule has 6 aromatic carbocycles. The molecule has 0 heterocycles. The number of unbranched alkanes of at least 4 members (excludes halogenated alkanes) is 4. The Hall–Kier alpha value is -2.81. The van der Waals surface area contributed by atoms with Gasteiger partial charge in [-0.15, -0.1) is 68.3 Å². The van der Waals surface area contributed by atoms with E-state index in [4.69, 9.17) is 0 Å². The fraction of sp³-hybridized carbons (Fsp3) is 0.304. The molecule has 0 aromatic heterocycles. The molecular formula is C46H56HfSi. The van der Waals surface area contributed by atoms with Gasteiger partial charge < -0.3 is 14.9 Å². The van der Waals surface area contributed by atoms with Crippen LogP contribution in [0.3, 0.4) is 0 Å². The second-order valence-corrected chi connectivity index (χ2v) is 18.1. The summed E-state index contributed by atoms with van der Waals surface area (Å²) in [5.41, 5.74) is 10.9. The number of fused-ring (bicyclic) bond motifs is 2. The molecule has 48 heavy (non-hydrogen) atoms. The zero-order valence-electron chi connectivity index (χ0n) is 30.9. The average molecular weight is 816 g/mol. The van der Waals surface area contributed by atoms with Gasteiger partial charge in [0, 0.05) is 0 Å². The van der Waals surface area contributed by atoms with Crippen LogP contribution in [-0.4, -0.2) is 8.07 Å². The third-order valence-electron chi connectivity index (χ3n) is 10.4. The molecule has 0 fully saturated rings. The first-order valence-corrected chi connectivity index (χ1v) is 19.8. The number of aryl methyl sites for hydroxylation is 4. The molecule has 0 aliphatic rings. The monoisotopic (exact) mass is 816 g/mol. The van der Waals surface area contributed by atoms with Gasteiger partial charge in [-0.2, -0.15) is 12.1 Å². The van der Waals surface area contributed by atoms with Crippen molar-refractivity contribution in [1.29, 1.82) is 0 Å². The number of hydrogen-bond donors (Lipinski definition) is 0. The van der Waals surface area contributed by atoms with Gasteiger partial charge >= 0.3 is 25.8 Å². The number of rotatable bonds is 12. The molecule has 0 bridgehead atoms. The summed E-state index contributed by atoms with van der Waals surface area (Å²) in [7, 11) is -2.09. The predicted octanol–water partition coefficient (Wildman–Crippen LogP) is 12.8. The molecule has 0 saturated carbocycles. The van der Waals surface area contributed by atoms with Gasteiger partial charge in [0.2, 0.25) is 0 Å². The fourth-order valence-electron chi connectivity index (χ4n) is 7.77. The molecule has 0 nitrogen and oxygen atoms in total. The van der Waals surface area contributed by atoms with Crippen LogP contribution in [0.25, 0.3) is 43.8 Å². The molecule has 6 rings (SSSR count). The maximum Gasteiger partial charge on any atom is 4.00 e. The molecule has 2 heteroatoms. The molecule has 0 unspecified atom stereocenters. The van der Waals surface area contributed by atoms with Crippen molar-refractivity contribution in [2.75, 3.05) is 0 Å². The van der Waals surface area contributed by atoms with E-state index in [9.17, 15) is 0 Å². The first-order chi connectivity index (χ1) is 21.8. The Kier molecular flexibility index (Phi) is 14.2. The molecular weight excluding hydrogens is 759 g/mol. The van der Waals surface area contributed by atoms with E-state index >= 15 is 0 Å². The van der Waals surface area contributed by atoms with E-state index in [1.165, 1.54) is 117 Å². The molecule has 0 N–H and O–H groups in total. The maximum atomic E-state index is 2.64. The summed E-state index contributed by atoms with van der Waals surface area (Å²) in [6.45, 7) is 13.6. The minimum absolute atomic E-state index is 0. The first-order valence-electron chi connectivity index (χ1n) is 17.4. The minimum atomic E-state index is -2.09. The number of hydrogen-bond acceptors (Lipinski definition) is 0. The van der Waals surface area contributed by atoms with Crippen LogP contribution in [0.4, 0.5) is 0 Å². The van der Waals surface area contributed by atoms with E-state index in [2.05, 4.69) is 139 Å². The standard InChI is InChI=1S/C44H50Si.2CH3.Hf/c1-7-9-11-23-45(24-12-10-8-2,37-27-35-15-13-17-39(43(35)29-37)41-25-31(3)19-21-33(41)5)38-28-36-16-14-18-40(44(36)30-38)42-26-32(4)20-22-34(42)6;;;/h13-22,25-30H,7-12,23-24H2,1-6H3;2*1H3;/q-2;2*-1;+4. The van der Waals surface area contributed by atoms with Crippen LogP contribution in [0.1, 0.15) is 74.6 Å². The second-order valence-electron chi connectivity index (χ2n) is 13.7. The topological polar surface area (TPSA) is 0 Å². The normalized spacial score (nSPS) is 11.3. The summed E-state index contributed by atoms with van der Waals surface area (Å²) in [5.74, 6) is 0. The number of benzene rings is 4. The Balaban J connectivity index is 0.00000208. The van der Waals surface area contributed by atoms with Crippen molar-refractivity contribution in [2.24, 2.45) is 0 Å². The van der Waals surface area contributed by atoms with E-state index in [1.54, 1.807) is 10.4 Å². The van der Waals surface area contributed by atoms with Crippen LogP contribution < -0.4 is 10.4 Å². The first kappa shape index (κ1) is 39.6. The third-order valence-corrected chi connectivity index (χ3v) is 15.6. The van der Waals surface area contributed by atoms with E-state index in [0.29, 0.717) is 0 Å². The Morgan fingerprint density at radius 1 is 0.500 bits per heavy atom. The van der Waals surface area contributed by atoms with Crippen molar-refractivity contribution in [3.8, 4) is 22.3 Å². The van der Waals surface area contributed by atoms with E-state index < -0.39 is 8.07 Å². The summed E-state index contributed by atoms with van der Waals surface area (Å²) in [5, 5.41) is 8.95.